The molecule has 1 atom stereocenters. The Balaban J connectivity index is 1.69. The van der Waals surface area contributed by atoms with Gasteiger partial charge in [0.25, 0.3) is 0 Å². The maximum atomic E-state index is 12.4. The van der Waals surface area contributed by atoms with E-state index in [0.29, 0.717) is 23.2 Å². The molecule has 1 spiro atoms. The standard InChI is InChI=1S/C14H23N5O/c1-10(2)12-14(6-4-5-7-14)9-19(12)13(20)15-11-8-18(3)17-16-11/h8,10,12H,4-7,9H2,1-3H3,(H,15,20). The number of hydrogen-bond donors (Lipinski definition) is 1. The molecule has 2 amide bonds. The molecule has 1 saturated heterocycles. The molecule has 1 aliphatic carbocycles. The van der Waals surface area contributed by atoms with Crippen molar-refractivity contribution >= 4 is 11.8 Å². The Morgan fingerprint density at radius 2 is 2.15 bits per heavy atom. The molecule has 1 aliphatic heterocycles. The Morgan fingerprint density at radius 1 is 1.45 bits per heavy atom. The largest absolute Gasteiger partial charge is 0.323 e. The summed E-state index contributed by atoms with van der Waals surface area (Å²) in [7, 11) is 1.79. The van der Waals surface area contributed by atoms with Crippen molar-refractivity contribution in [3.05, 3.63) is 6.20 Å². The van der Waals surface area contributed by atoms with Gasteiger partial charge in [-0.1, -0.05) is 31.9 Å². The molecule has 20 heavy (non-hydrogen) atoms. The quantitative estimate of drug-likeness (QED) is 0.901. The molecular weight excluding hydrogens is 254 g/mol. The first-order valence-corrected chi connectivity index (χ1v) is 7.46. The van der Waals surface area contributed by atoms with Crippen LogP contribution < -0.4 is 5.32 Å². The van der Waals surface area contributed by atoms with Crippen LogP contribution in [-0.2, 0) is 7.05 Å². The predicted molar refractivity (Wildman–Crippen MR) is 76.3 cm³/mol. The van der Waals surface area contributed by atoms with E-state index in [2.05, 4.69) is 29.5 Å². The molecule has 0 aromatic carbocycles. The molecule has 2 heterocycles. The highest BCUT2D eigenvalue weighted by Crippen LogP contribution is 2.52. The van der Waals surface area contributed by atoms with Crippen LogP contribution in [0.3, 0.4) is 0 Å². The van der Waals surface area contributed by atoms with Crippen molar-refractivity contribution in [2.45, 2.75) is 45.6 Å². The first-order valence-electron chi connectivity index (χ1n) is 7.46. The molecular formula is C14H23N5O. The number of carbonyl (C=O) groups is 1. The number of urea groups is 1. The van der Waals surface area contributed by atoms with Crippen molar-refractivity contribution in [1.29, 1.82) is 0 Å². The Bertz CT molecular complexity index is 503. The first-order chi connectivity index (χ1) is 9.52. The summed E-state index contributed by atoms with van der Waals surface area (Å²) < 4.78 is 1.59. The molecule has 0 radical (unpaired) electrons. The lowest BCUT2D eigenvalue weighted by molar-refractivity contribution is -0.0578. The number of rotatable bonds is 2. The number of likely N-dealkylation sites (tertiary alicyclic amines) is 1. The number of hydrogen-bond acceptors (Lipinski definition) is 3. The Kier molecular flexibility index (Phi) is 3.18. The molecule has 3 rings (SSSR count). The monoisotopic (exact) mass is 277 g/mol. The Morgan fingerprint density at radius 3 is 2.70 bits per heavy atom. The summed E-state index contributed by atoms with van der Waals surface area (Å²) in [5.41, 5.74) is 0.383. The van der Waals surface area contributed by atoms with Crippen molar-refractivity contribution < 1.29 is 4.79 Å². The zero-order valence-corrected chi connectivity index (χ0v) is 12.5. The van der Waals surface area contributed by atoms with Crippen LogP contribution in [0.15, 0.2) is 6.20 Å². The van der Waals surface area contributed by atoms with Gasteiger partial charge in [0.2, 0.25) is 0 Å². The molecule has 2 fully saturated rings. The van der Waals surface area contributed by atoms with Gasteiger partial charge in [0.1, 0.15) is 0 Å². The summed E-state index contributed by atoms with van der Waals surface area (Å²) in [5.74, 6) is 1.02. The van der Waals surface area contributed by atoms with E-state index in [9.17, 15) is 4.79 Å². The highest BCUT2D eigenvalue weighted by atomic mass is 16.2. The van der Waals surface area contributed by atoms with Gasteiger partial charge in [0.15, 0.2) is 5.82 Å². The summed E-state index contributed by atoms with van der Waals surface area (Å²) >= 11 is 0. The van der Waals surface area contributed by atoms with Gasteiger partial charge in [-0.05, 0) is 18.8 Å². The van der Waals surface area contributed by atoms with Crippen LogP contribution in [-0.4, -0.2) is 38.5 Å². The Hall–Kier alpha value is -1.59. The third kappa shape index (κ3) is 2.07. The van der Waals surface area contributed by atoms with E-state index in [-0.39, 0.29) is 6.03 Å². The molecule has 2 aliphatic rings. The minimum atomic E-state index is -0.0401. The number of carbonyl (C=O) groups excluding carboxylic acids is 1. The number of amides is 2. The highest BCUT2D eigenvalue weighted by Gasteiger charge is 2.56. The van der Waals surface area contributed by atoms with Crippen LogP contribution in [0.4, 0.5) is 10.6 Å². The smallest absolute Gasteiger partial charge is 0.320 e. The van der Waals surface area contributed by atoms with E-state index in [1.165, 1.54) is 25.7 Å². The molecule has 1 saturated carbocycles. The van der Waals surface area contributed by atoms with Gasteiger partial charge in [0.05, 0.1) is 6.20 Å². The molecule has 1 aromatic rings. The zero-order chi connectivity index (χ0) is 14.3. The summed E-state index contributed by atoms with van der Waals surface area (Å²) in [5, 5.41) is 10.6. The topological polar surface area (TPSA) is 63.1 Å². The molecule has 1 aromatic heterocycles. The predicted octanol–water partition coefficient (Wildman–Crippen LogP) is 2.25. The molecule has 1 N–H and O–H groups in total. The zero-order valence-electron chi connectivity index (χ0n) is 12.5. The minimum absolute atomic E-state index is 0.0401. The second-order valence-electron chi connectivity index (χ2n) is 6.59. The average molecular weight is 277 g/mol. The summed E-state index contributed by atoms with van der Waals surface area (Å²) in [4.78, 5) is 14.4. The number of aromatic nitrogens is 3. The van der Waals surface area contributed by atoms with Gasteiger partial charge in [-0.2, -0.15) is 0 Å². The van der Waals surface area contributed by atoms with Crippen LogP contribution in [0, 0.1) is 11.3 Å². The number of nitrogens with zero attached hydrogens (tertiary/aromatic N) is 4. The lowest BCUT2D eigenvalue weighted by atomic mass is 9.66. The van der Waals surface area contributed by atoms with E-state index < -0.39 is 0 Å². The molecule has 0 bridgehead atoms. The van der Waals surface area contributed by atoms with Gasteiger partial charge in [-0.3, -0.25) is 10.00 Å². The second-order valence-corrected chi connectivity index (χ2v) is 6.59. The first kappa shape index (κ1) is 13.4. The van der Waals surface area contributed by atoms with Crippen LogP contribution >= 0.6 is 0 Å². The van der Waals surface area contributed by atoms with Crippen LogP contribution in [0.1, 0.15) is 39.5 Å². The van der Waals surface area contributed by atoms with E-state index >= 15 is 0 Å². The summed E-state index contributed by atoms with van der Waals surface area (Å²) in [6.45, 7) is 5.32. The summed E-state index contributed by atoms with van der Waals surface area (Å²) in [6.07, 6.45) is 6.87. The number of aryl methyl sites for hydroxylation is 1. The van der Waals surface area contributed by atoms with E-state index in [0.717, 1.165) is 6.54 Å². The lowest BCUT2D eigenvalue weighted by Crippen LogP contribution is -2.68. The van der Waals surface area contributed by atoms with E-state index in [4.69, 9.17) is 0 Å². The maximum Gasteiger partial charge on any atom is 0.323 e. The van der Waals surface area contributed by atoms with Crippen molar-refractivity contribution in [3.63, 3.8) is 0 Å². The normalized spacial score (nSPS) is 24.2. The highest BCUT2D eigenvalue weighted by molar-refractivity contribution is 5.89. The van der Waals surface area contributed by atoms with Crippen LogP contribution in [0.5, 0.6) is 0 Å². The van der Waals surface area contributed by atoms with Crippen molar-refractivity contribution in [2.75, 3.05) is 11.9 Å². The molecule has 6 nitrogen and oxygen atoms in total. The summed E-state index contributed by atoms with van der Waals surface area (Å²) in [6, 6.07) is 0.323. The van der Waals surface area contributed by atoms with Crippen molar-refractivity contribution in [1.82, 2.24) is 19.9 Å². The number of anilines is 1. The molecule has 1 unspecified atom stereocenters. The third-order valence-electron chi connectivity index (χ3n) is 4.78. The Labute approximate surface area is 119 Å². The van der Waals surface area contributed by atoms with Gasteiger partial charge < -0.3 is 4.90 Å². The average Bonchev–Trinajstić information content (AvgIpc) is 2.96. The SMILES string of the molecule is CC(C)C1N(C(=O)Nc2cn(C)nn2)CC12CCCC2. The second kappa shape index (κ2) is 4.75. The van der Waals surface area contributed by atoms with Gasteiger partial charge >= 0.3 is 6.03 Å². The fourth-order valence-corrected chi connectivity index (χ4v) is 4.13. The van der Waals surface area contributed by atoms with Gasteiger partial charge in [-0.25, -0.2) is 4.79 Å². The fraction of sp³-hybridized carbons (Fsp3) is 0.786. The van der Waals surface area contributed by atoms with Crippen molar-refractivity contribution in [3.8, 4) is 0 Å². The van der Waals surface area contributed by atoms with E-state index in [1.807, 2.05) is 4.90 Å². The fourth-order valence-electron chi connectivity index (χ4n) is 4.13. The maximum absolute atomic E-state index is 12.4. The van der Waals surface area contributed by atoms with Gasteiger partial charge in [-0.15, -0.1) is 5.10 Å². The van der Waals surface area contributed by atoms with E-state index in [1.54, 1.807) is 17.9 Å². The van der Waals surface area contributed by atoms with Crippen LogP contribution in [0.25, 0.3) is 0 Å². The minimum Gasteiger partial charge on any atom is -0.320 e. The van der Waals surface area contributed by atoms with Crippen LogP contribution in [0.2, 0.25) is 0 Å². The third-order valence-corrected chi connectivity index (χ3v) is 4.78. The lowest BCUT2D eigenvalue weighted by Gasteiger charge is -2.58. The van der Waals surface area contributed by atoms with Crippen molar-refractivity contribution in [2.24, 2.45) is 18.4 Å². The molecule has 110 valence electrons. The molecule has 6 heteroatoms. The van der Waals surface area contributed by atoms with Gasteiger partial charge in [0, 0.05) is 25.0 Å². The number of nitrogens with one attached hydrogen (secondary N) is 1.